The third-order valence-corrected chi connectivity index (χ3v) is 3.60. The van der Waals surface area contributed by atoms with Gasteiger partial charge in [0, 0.05) is 39.1 Å². The van der Waals surface area contributed by atoms with Crippen LogP contribution in [-0.4, -0.2) is 54.3 Å². The Hall–Kier alpha value is -2.09. The van der Waals surface area contributed by atoms with Gasteiger partial charge in [0.25, 0.3) is 0 Å². The van der Waals surface area contributed by atoms with Crippen LogP contribution in [0, 0.1) is 0 Å². The molecule has 0 radical (unpaired) electrons. The Morgan fingerprint density at radius 2 is 1.75 bits per heavy atom. The molecule has 2 N–H and O–H groups in total. The first-order valence-corrected chi connectivity index (χ1v) is 7.27. The lowest BCUT2D eigenvalue weighted by atomic mass is 10.2. The number of nitrogens with zero attached hydrogens (tertiary/aromatic N) is 4. The van der Waals surface area contributed by atoms with Crippen LogP contribution in [0.1, 0.15) is 5.56 Å². The Morgan fingerprint density at radius 1 is 1.04 bits per heavy atom. The van der Waals surface area contributed by atoms with Gasteiger partial charge in [-0.25, -0.2) is 9.97 Å². The van der Waals surface area contributed by atoms with E-state index in [0.717, 1.165) is 37.1 Å². The minimum absolute atomic E-state index is 0. The highest BCUT2D eigenvalue weighted by Gasteiger charge is 2.14. The fraction of sp³-hybridized carbons (Fsp3) is 0.375. The summed E-state index contributed by atoms with van der Waals surface area (Å²) in [6.45, 7) is 2.96. The SMILES string of the molecule is CN(CCN(C)c1ncccn1)Cc1ccc2c(c1)OCO2.Cl.O. The number of anilines is 1. The topological polar surface area (TPSA) is 82.2 Å². The molecule has 1 aromatic heterocycles. The molecule has 0 atom stereocenters. The van der Waals surface area contributed by atoms with Crippen LogP contribution in [0.25, 0.3) is 0 Å². The number of hydrogen-bond donors (Lipinski definition) is 0. The van der Waals surface area contributed by atoms with Gasteiger partial charge in [-0.3, -0.25) is 0 Å². The monoisotopic (exact) mass is 354 g/mol. The molecule has 0 saturated carbocycles. The van der Waals surface area contributed by atoms with Crippen molar-refractivity contribution in [2.45, 2.75) is 6.54 Å². The Balaban J connectivity index is 0.00000144. The van der Waals surface area contributed by atoms with E-state index in [4.69, 9.17) is 9.47 Å². The van der Waals surface area contributed by atoms with Crippen LogP contribution in [0.2, 0.25) is 0 Å². The molecule has 2 heterocycles. The van der Waals surface area contributed by atoms with Crippen LogP contribution in [-0.2, 0) is 6.54 Å². The predicted molar refractivity (Wildman–Crippen MR) is 95.1 cm³/mol. The highest BCUT2D eigenvalue weighted by molar-refractivity contribution is 5.85. The van der Waals surface area contributed by atoms with Crippen LogP contribution in [0.3, 0.4) is 0 Å². The third kappa shape index (κ3) is 4.95. The Kier molecular flexibility index (Phi) is 7.70. The number of benzene rings is 1. The summed E-state index contributed by atoms with van der Waals surface area (Å²) in [7, 11) is 4.11. The maximum atomic E-state index is 5.41. The van der Waals surface area contributed by atoms with Gasteiger partial charge in [-0.2, -0.15) is 0 Å². The van der Waals surface area contributed by atoms with Crippen molar-refractivity contribution in [1.82, 2.24) is 14.9 Å². The first-order valence-electron chi connectivity index (χ1n) is 7.27. The summed E-state index contributed by atoms with van der Waals surface area (Å²) in [6.07, 6.45) is 3.52. The van der Waals surface area contributed by atoms with Gasteiger partial charge in [-0.1, -0.05) is 6.07 Å². The van der Waals surface area contributed by atoms with Crippen molar-refractivity contribution in [1.29, 1.82) is 0 Å². The molecule has 132 valence electrons. The maximum absolute atomic E-state index is 5.41. The second kappa shape index (κ2) is 9.27. The average Bonchev–Trinajstić information content (AvgIpc) is 3.01. The molecular formula is C16H23ClN4O3. The molecule has 0 aliphatic carbocycles. The summed E-state index contributed by atoms with van der Waals surface area (Å²) in [5.74, 6) is 2.41. The van der Waals surface area contributed by atoms with E-state index < -0.39 is 0 Å². The standard InChI is InChI=1S/C16H20N4O2.ClH.H2O/c1-19(8-9-20(2)16-17-6-3-7-18-16)11-13-4-5-14-15(10-13)22-12-21-14;;/h3-7,10H,8-9,11-12H2,1-2H3;1H;1H2. The number of fused-ring (bicyclic) bond motifs is 1. The first kappa shape index (κ1) is 20.0. The number of aromatic nitrogens is 2. The van der Waals surface area contributed by atoms with E-state index in [1.807, 2.05) is 25.2 Å². The molecule has 0 spiro atoms. The van der Waals surface area contributed by atoms with E-state index in [1.54, 1.807) is 12.4 Å². The molecule has 0 fully saturated rings. The number of rotatable bonds is 6. The Bertz CT molecular complexity index is 630. The first-order chi connectivity index (χ1) is 10.7. The zero-order valence-electron chi connectivity index (χ0n) is 13.8. The smallest absolute Gasteiger partial charge is 0.231 e. The lowest BCUT2D eigenvalue weighted by molar-refractivity contribution is 0.174. The molecule has 0 bridgehead atoms. The number of ether oxygens (including phenoxy) is 2. The molecule has 0 saturated heterocycles. The minimum Gasteiger partial charge on any atom is -0.454 e. The average molecular weight is 355 g/mol. The van der Waals surface area contributed by atoms with E-state index >= 15 is 0 Å². The number of halogens is 1. The van der Waals surface area contributed by atoms with Crippen molar-refractivity contribution in [3.63, 3.8) is 0 Å². The van der Waals surface area contributed by atoms with Crippen molar-refractivity contribution in [3.05, 3.63) is 42.2 Å². The molecule has 3 rings (SSSR count). The van der Waals surface area contributed by atoms with Crippen molar-refractivity contribution in [2.75, 3.05) is 38.9 Å². The maximum Gasteiger partial charge on any atom is 0.231 e. The van der Waals surface area contributed by atoms with E-state index in [1.165, 1.54) is 5.56 Å². The summed E-state index contributed by atoms with van der Waals surface area (Å²) >= 11 is 0. The fourth-order valence-electron chi connectivity index (χ4n) is 2.34. The van der Waals surface area contributed by atoms with Gasteiger partial charge < -0.3 is 24.7 Å². The molecular weight excluding hydrogens is 332 g/mol. The fourth-order valence-corrected chi connectivity index (χ4v) is 2.34. The van der Waals surface area contributed by atoms with Gasteiger partial charge in [-0.15, -0.1) is 12.4 Å². The summed E-state index contributed by atoms with van der Waals surface area (Å²) < 4.78 is 10.7. The van der Waals surface area contributed by atoms with Crippen LogP contribution < -0.4 is 14.4 Å². The highest BCUT2D eigenvalue weighted by atomic mass is 35.5. The molecule has 0 amide bonds. The van der Waals surface area contributed by atoms with Gasteiger partial charge in [0.1, 0.15) is 0 Å². The lowest BCUT2D eigenvalue weighted by Crippen LogP contribution is -2.31. The summed E-state index contributed by atoms with van der Waals surface area (Å²) in [4.78, 5) is 12.8. The lowest BCUT2D eigenvalue weighted by Gasteiger charge is -2.22. The molecule has 0 unspecified atom stereocenters. The zero-order chi connectivity index (χ0) is 15.4. The van der Waals surface area contributed by atoms with E-state index in [2.05, 4.69) is 32.9 Å². The van der Waals surface area contributed by atoms with Gasteiger partial charge in [0.05, 0.1) is 0 Å². The molecule has 2 aromatic rings. The van der Waals surface area contributed by atoms with E-state index in [-0.39, 0.29) is 17.9 Å². The van der Waals surface area contributed by atoms with Crippen LogP contribution >= 0.6 is 12.4 Å². The summed E-state index contributed by atoms with van der Waals surface area (Å²) in [6, 6.07) is 7.91. The van der Waals surface area contributed by atoms with Crippen molar-refractivity contribution in [2.24, 2.45) is 0 Å². The molecule has 1 aliphatic heterocycles. The molecule has 24 heavy (non-hydrogen) atoms. The van der Waals surface area contributed by atoms with Crippen molar-refractivity contribution >= 4 is 18.4 Å². The van der Waals surface area contributed by atoms with Crippen molar-refractivity contribution < 1.29 is 14.9 Å². The highest BCUT2D eigenvalue weighted by Crippen LogP contribution is 2.32. The van der Waals surface area contributed by atoms with Gasteiger partial charge in [0.15, 0.2) is 11.5 Å². The second-order valence-corrected chi connectivity index (χ2v) is 5.40. The number of hydrogen-bond acceptors (Lipinski definition) is 6. The van der Waals surface area contributed by atoms with E-state index in [0.29, 0.717) is 6.79 Å². The van der Waals surface area contributed by atoms with Gasteiger partial charge in [-0.05, 0) is 30.8 Å². The second-order valence-electron chi connectivity index (χ2n) is 5.40. The minimum atomic E-state index is 0. The zero-order valence-corrected chi connectivity index (χ0v) is 14.6. The van der Waals surface area contributed by atoms with Gasteiger partial charge >= 0.3 is 0 Å². The quantitative estimate of drug-likeness (QED) is 0.779. The summed E-state index contributed by atoms with van der Waals surface area (Å²) in [5.41, 5.74) is 1.21. The molecule has 1 aliphatic rings. The van der Waals surface area contributed by atoms with Gasteiger partial charge in [0.2, 0.25) is 12.7 Å². The summed E-state index contributed by atoms with van der Waals surface area (Å²) in [5, 5.41) is 0. The molecule has 7 nitrogen and oxygen atoms in total. The van der Waals surface area contributed by atoms with Crippen molar-refractivity contribution in [3.8, 4) is 11.5 Å². The van der Waals surface area contributed by atoms with Crippen LogP contribution in [0.4, 0.5) is 5.95 Å². The van der Waals surface area contributed by atoms with Crippen LogP contribution in [0.5, 0.6) is 11.5 Å². The normalized spacial score (nSPS) is 11.6. The largest absolute Gasteiger partial charge is 0.454 e. The Morgan fingerprint density at radius 3 is 2.50 bits per heavy atom. The third-order valence-electron chi connectivity index (χ3n) is 3.60. The Labute approximate surface area is 147 Å². The van der Waals surface area contributed by atoms with Crippen LogP contribution in [0.15, 0.2) is 36.7 Å². The van der Waals surface area contributed by atoms with E-state index in [9.17, 15) is 0 Å². The molecule has 1 aromatic carbocycles. The molecule has 8 heteroatoms. The predicted octanol–water partition coefficient (Wildman–Crippen LogP) is 1.37. The number of likely N-dealkylation sites (N-methyl/N-ethyl adjacent to an activating group) is 2.